The number of rotatable bonds is 6. The van der Waals surface area contributed by atoms with E-state index < -0.39 is 0 Å². The van der Waals surface area contributed by atoms with Crippen molar-refractivity contribution in [3.8, 4) is 17.2 Å². The summed E-state index contributed by atoms with van der Waals surface area (Å²) in [5.41, 5.74) is 4.53. The van der Waals surface area contributed by atoms with E-state index in [0.29, 0.717) is 23.7 Å². The average Bonchev–Trinajstić information content (AvgIpc) is 2.69. The van der Waals surface area contributed by atoms with Gasteiger partial charge in [-0.15, -0.1) is 0 Å². The van der Waals surface area contributed by atoms with Gasteiger partial charge in [0.05, 0.1) is 23.8 Å². The summed E-state index contributed by atoms with van der Waals surface area (Å²) >= 11 is 0. The number of hydrogen-bond donors (Lipinski definition) is 0. The quantitative estimate of drug-likeness (QED) is 0.601. The first kappa shape index (κ1) is 18.7. The van der Waals surface area contributed by atoms with Gasteiger partial charge in [-0.2, -0.15) is 5.26 Å². The minimum Gasteiger partial charge on any atom is -0.375 e. The van der Waals surface area contributed by atoms with E-state index in [-0.39, 0.29) is 0 Å². The summed E-state index contributed by atoms with van der Waals surface area (Å²) in [6.45, 7) is 4.43. The highest BCUT2D eigenvalue weighted by Gasteiger charge is 2.24. The van der Waals surface area contributed by atoms with Crippen LogP contribution in [0.1, 0.15) is 69.4 Å². The summed E-state index contributed by atoms with van der Waals surface area (Å²) in [5, 5.41) is 8.91. The van der Waals surface area contributed by atoms with Crippen LogP contribution >= 0.6 is 0 Å². The maximum Gasteiger partial charge on any atom is 0.0991 e. The molecule has 2 nitrogen and oxygen atoms in total. The highest BCUT2D eigenvalue weighted by atomic mass is 16.5. The predicted octanol–water partition coefficient (Wildman–Crippen LogP) is 6.46. The number of nitriles is 1. The molecule has 0 amide bonds. The number of hydrogen-bond acceptors (Lipinski definition) is 2. The molecule has 0 heterocycles. The van der Waals surface area contributed by atoms with Gasteiger partial charge < -0.3 is 4.74 Å². The van der Waals surface area contributed by atoms with Crippen molar-refractivity contribution in [1.82, 2.24) is 0 Å². The number of benzene rings is 2. The van der Waals surface area contributed by atoms with Crippen LogP contribution in [0.2, 0.25) is 0 Å². The van der Waals surface area contributed by atoms with Gasteiger partial charge in [0.1, 0.15) is 0 Å². The maximum atomic E-state index is 8.91. The molecule has 1 aliphatic rings. The fourth-order valence-electron chi connectivity index (χ4n) is 4.02. The molecule has 136 valence electrons. The second-order valence-electron chi connectivity index (χ2n) is 7.52. The molecule has 0 aromatic heterocycles. The Morgan fingerprint density at radius 2 is 1.54 bits per heavy atom. The van der Waals surface area contributed by atoms with Crippen molar-refractivity contribution in [2.75, 3.05) is 0 Å². The molecule has 0 N–H and O–H groups in total. The minimum atomic E-state index is 0.397. The second kappa shape index (κ2) is 9.01. The second-order valence-corrected chi connectivity index (χ2v) is 7.52. The molecule has 0 spiro atoms. The van der Waals surface area contributed by atoms with Crippen LogP contribution < -0.4 is 0 Å². The lowest BCUT2D eigenvalue weighted by atomic mass is 9.82. The first-order valence-electron chi connectivity index (χ1n) is 9.95. The molecule has 26 heavy (non-hydrogen) atoms. The molecule has 1 atom stereocenters. The van der Waals surface area contributed by atoms with E-state index in [2.05, 4.69) is 44.2 Å². The van der Waals surface area contributed by atoms with Gasteiger partial charge in [-0.1, -0.05) is 49.7 Å². The lowest BCUT2D eigenvalue weighted by Crippen LogP contribution is -2.24. The minimum absolute atomic E-state index is 0.397. The van der Waals surface area contributed by atoms with Gasteiger partial charge in [0.25, 0.3) is 0 Å². The summed E-state index contributed by atoms with van der Waals surface area (Å²) < 4.78 is 6.19. The largest absolute Gasteiger partial charge is 0.375 e. The van der Waals surface area contributed by atoms with Crippen molar-refractivity contribution in [3.63, 3.8) is 0 Å². The number of nitrogens with zero attached hydrogens (tertiary/aromatic N) is 1. The normalized spacial score (nSPS) is 21.1. The van der Waals surface area contributed by atoms with Crippen molar-refractivity contribution < 1.29 is 4.74 Å². The van der Waals surface area contributed by atoms with E-state index in [1.807, 2.05) is 24.3 Å². The number of ether oxygens (including phenoxy) is 1. The van der Waals surface area contributed by atoms with Crippen LogP contribution in [0.5, 0.6) is 0 Å². The van der Waals surface area contributed by atoms with Crippen molar-refractivity contribution in [1.29, 1.82) is 5.26 Å². The van der Waals surface area contributed by atoms with E-state index in [0.717, 1.165) is 12.0 Å². The van der Waals surface area contributed by atoms with Gasteiger partial charge in [-0.05, 0) is 73.8 Å². The van der Waals surface area contributed by atoms with E-state index in [9.17, 15) is 0 Å². The van der Waals surface area contributed by atoms with Crippen molar-refractivity contribution in [2.45, 2.75) is 70.5 Å². The predicted molar refractivity (Wildman–Crippen MR) is 107 cm³/mol. The molecular formula is C24H29NO. The molecule has 0 radical (unpaired) electrons. The molecule has 0 bridgehead atoms. The van der Waals surface area contributed by atoms with Crippen molar-refractivity contribution in [2.24, 2.45) is 0 Å². The molecule has 1 fully saturated rings. The topological polar surface area (TPSA) is 33.0 Å². The van der Waals surface area contributed by atoms with E-state index in [1.54, 1.807) is 0 Å². The zero-order chi connectivity index (χ0) is 18.4. The molecule has 1 saturated carbocycles. The molecule has 1 aliphatic carbocycles. The Morgan fingerprint density at radius 3 is 2.08 bits per heavy atom. The van der Waals surface area contributed by atoms with Crippen LogP contribution in [0.15, 0.2) is 48.5 Å². The van der Waals surface area contributed by atoms with Gasteiger partial charge in [0, 0.05) is 0 Å². The fourth-order valence-corrected chi connectivity index (χ4v) is 4.02. The molecule has 1 unspecified atom stereocenters. The van der Waals surface area contributed by atoms with Crippen molar-refractivity contribution >= 4 is 0 Å². The highest BCUT2D eigenvalue weighted by molar-refractivity contribution is 5.64. The summed E-state index contributed by atoms with van der Waals surface area (Å²) in [6, 6.07) is 18.9. The maximum absolute atomic E-state index is 8.91. The Kier molecular flexibility index (Phi) is 6.47. The molecule has 0 saturated heterocycles. The molecule has 3 rings (SSSR count). The smallest absolute Gasteiger partial charge is 0.0991 e. The Labute approximate surface area is 157 Å². The Hall–Kier alpha value is -2.11. The van der Waals surface area contributed by atoms with Crippen LogP contribution in [0, 0.1) is 11.3 Å². The zero-order valence-electron chi connectivity index (χ0n) is 15.9. The summed E-state index contributed by atoms with van der Waals surface area (Å²) in [4.78, 5) is 0. The van der Waals surface area contributed by atoms with Gasteiger partial charge in [-0.3, -0.25) is 0 Å². The Bertz CT molecular complexity index is 718. The first-order chi connectivity index (χ1) is 12.7. The van der Waals surface area contributed by atoms with Gasteiger partial charge >= 0.3 is 0 Å². The third-order valence-electron chi connectivity index (χ3n) is 5.52. The lowest BCUT2D eigenvalue weighted by Gasteiger charge is -2.31. The monoisotopic (exact) mass is 347 g/mol. The summed E-state index contributed by atoms with van der Waals surface area (Å²) in [6.07, 6.45) is 8.00. The fraction of sp³-hybridized carbons (Fsp3) is 0.458. The van der Waals surface area contributed by atoms with Crippen LogP contribution in [-0.2, 0) is 4.74 Å². The van der Waals surface area contributed by atoms with E-state index in [1.165, 1.54) is 43.2 Å². The van der Waals surface area contributed by atoms with Crippen LogP contribution in [0.4, 0.5) is 0 Å². The van der Waals surface area contributed by atoms with Gasteiger partial charge in [0.2, 0.25) is 0 Å². The molecular weight excluding hydrogens is 318 g/mol. The third-order valence-corrected chi connectivity index (χ3v) is 5.52. The standard InChI is InChI=1S/C24H29NO/c1-3-4-18(2)26-24-15-13-23(14-16-24)22-11-9-21(10-12-22)20-7-5-19(17-25)6-8-20/h5-12,18,23-24H,3-4,13-16H2,1-2H3/t18?,23-,24-. The SMILES string of the molecule is CCCC(C)O[C@H]1CC[C@H](c2ccc(-c3ccc(C#N)cc3)cc2)CC1. The van der Waals surface area contributed by atoms with Crippen LogP contribution in [0.25, 0.3) is 11.1 Å². The van der Waals surface area contributed by atoms with E-state index >= 15 is 0 Å². The molecule has 2 aromatic carbocycles. The molecule has 0 aliphatic heterocycles. The Morgan fingerprint density at radius 1 is 0.962 bits per heavy atom. The first-order valence-corrected chi connectivity index (χ1v) is 9.95. The summed E-state index contributed by atoms with van der Waals surface area (Å²) in [7, 11) is 0. The highest BCUT2D eigenvalue weighted by Crippen LogP contribution is 2.35. The Balaban J connectivity index is 1.57. The van der Waals surface area contributed by atoms with Gasteiger partial charge in [0.15, 0.2) is 0 Å². The van der Waals surface area contributed by atoms with Crippen molar-refractivity contribution in [3.05, 3.63) is 59.7 Å². The van der Waals surface area contributed by atoms with Crippen LogP contribution in [-0.4, -0.2) is 12.2 Å². The summed E-state index contributed by atoms with van der Waals surface area (Å²) in [5.74, 6) is 0.659. The van der Waals surface area contributed by atoms with Gasteiger partial charge in [-0.25, -0.2) is 0 Å². The molecule has 2 heteroatoms. The third kappa shape index (κ3) is 4.74. The zero-order valence-corrected chi connectivity index (χ0v) is 15.9. The lowest BCUT2D eigenvalue weighted by molar-refractivity contribution is -0.0269. The average molecular weight is 348 g/mol. The molecule has 2 aromatic rings. The van der Waals surface area contributed by atoms with Crippen LogP contribution in [0.3, 0.4) is 0 Å². The van der Waals surface area contributed by atoms with E-state index in [4.69, 9.17) is 10.00 Å².